The fourth-order valence-corrected chi connectivity index (χ4v) is 3.60. The minimum atomic E-state index is -0.810. The SMILES string of the molecule is O=C(CSc1nnc2n1CCN2c1ccccc1)Nc1ccc(F)cc1F. The lowest BCUT2D eigenvalue weighted by atomic mass is 10.3. The molecule has 2 aromatic carbocycles. The molecule has 0 atom stereocenters. The zero-order valence-electron chi connectivity index (χ0n) is 14.1. The molecule has 138 valence electrons. The molecule has 0 aliphatic carbocycles. The lowest BCUT2D eigenvalue weighted by molar-refractivity contribution is -0.113. The number of carbonyl (C=O) groups is 1. The number of anilines is 3. The molecular formula is C18H15F2N5OS. The summed E-state index contributed by atoms with van der Waals surface area (Å²) in [7, 11) is 0. The maximum Gasteiger partial charge on any atom is 0.234 e. The molecule has 0 radical (unpaired) electrons. The molecule has 2 heterocycles. The number of halogens is 2. The highest BCUT2D eigenvalue weighted by Crippen LogP contribution is 2.31. The predicted octanol–water partition coefficient (Wildman–Crippen LogP) is 3.44. The first kappa shape index (κ1) is 17.5. The van der Waals surface area contributed by atoms with Crippen molar-refractivity contribution >= 4 is 35.0 Å². The zero-order chi connectivity index (χ0) is 18.8. The number of nitrogens with zero attached hydrogens (tertiary/aromatic N) is 4. The van der Waals surface area contributed by atoms with Gasteiger partial charge in [-0.15, -0.1) is 10.2 Å². The Morgan fingerprint density at radius 1 is 1.11 bits per heavy atom. The second-order valence-electron chi connectivity index (χ2n) is 5.88. The van der Waals surface area contributed by atoms with E-state index in [4.69, 9.17) is 0 Å². The van der Waals surface area contributed by atoms with Crippen LogP contribution in [-0.4, -0.2) is 33.0 Å². The smallest absolute Gasteiger partial charge is 0.234 e. The minimum absolute atomic E-state index is 0.0420. The molecule has 0 saturated heterocycles. The monoisotopic (exact) mass is 387 g/mol. The second-order valence-corrected chi connectivity index (χ2v) is 6.82. The summed E-state index contributed by atoms with van der Waals surface area (Å²) < 4.78 is 28.5. The highest BCUT2D eigenvalue weighted by atomic mass is 32.2. The number of carbonyl (C=O) groups excluding carboxylic acids is 1. The quantitative estimate of drug-likeness (QED) is 0.680. The number of para-hydroxylation sites is 1. The molecule has 1 aromatic heterocycles. The third-order valence-electron chi connectivity index (χ3n) is 4.09. The van der Waals surface area contributed by atoms with E-state index in [1.54, 1.807) is 0 Å². The van der Waals surface area contributed by atoms with E-state index in [1.807, 2.05) is 34.9 Å². The van der Waals surface area contributed by atoms with Crippen molar-refractivity contribution in [3.8, 4) is 0 Å². The van der Waals surface area contributed by atoms with Gasteiger partial charge in [-0.3, -0.25) is 9.36 Å². The highest BCUT2D eigenvalue weighted by Gasteiger charge is 2.26. The van der Waals surface area contributed by atoms with Crippen molar-refractivity contribution in [1.82, 2.24) is 14.8 Å². The van der Waals surface area contributed by atoms with Crippen LogP contribution in [0.2, 0.25) is 0 Å². The maximum absolute atomic E-state index is 13.6. The Hall–Kier alpha value is -2.94. The number of benzene rings is 2. The number of hydrogen-bond acceptors (Lipinski definition) is 5. The first-order chi connectivity index (χ1) is 13.1. The molecule has 1 aliphatic heterocycles. The normalized spacial score (nSPS) is 12.9. The Morgan fingerprint density at radius 2 is 1.93 bits per heavy atom. The molecule has 1 amide bonds. The molecule has 3 aromatic rings. The molecule has 4 rings (SSSR count). The van der Waals surface area contributed by atoms with Crippen LogP contribution in [0.3, 0.4) is 0 Å². The van der Waals surface area contributed by atoms with Crippen LogP contribution in [0.1, 0.15) is 0 Å². The molecule has 1 aliphatic rings. The van der Waals surface area contributed by atoms with Crippen LogP contribution in [0.4, 0.5) is 26.1 Å². The van der Waals surface area contributed by atoms with Gasteiger partial charge in [0.05, 0.1) is 11.4 Å². The van der Waals surface area contributed by atoms with E-state index in [-0.39, 0.29) is 11.4 Å². The summed E-state index contributed by atoms with van der Waals surface area (Å²) in [6.45, 7) is 1.49. The Balaban J connectivity index is 1.41. The molecule has 6 nitrogen and oxygen atoms in total. The summed E-state index contributed by atoms with van der Waals surface area (Å²) in [5.41, 5.74) is 0.980. The van der Waals surface area contributed by atoms with E-state index >= 15 is 0 Å². The Labute approximate surface area is 158 Å². The van der Waals surface area contributed by atoms with Crippen molar-refractivity contribution < 1.29 is 13.6 Å². The van der Waals surface area contributed by atoms with Crippen molar-refractivity contribution in [3.05, 3.63) is 60.2 Å². The van der Waals surface area contributed by atoms with Gasteiger partial charge in [0.1, 0.15) is 11.6 Å². The van der Waals surface area contributed by atoms with Crippen LogP contribution in [-0.2, 0) is 11.3 Å². The molecule has 0 spiro atoms. The lowest BCUT2D eigenvalue weighted by Gasteiger charge is -2.14. The van der Waals surface area contributed by atoms with Gasteiger partial charge in [0.2, 0.25) is 11.9 Å². The summed E-state index contributed by atoms with van der Waals surface area (Å²) in [6.07, 6.45) is 0. The third kappa shape index (κ3) is 3.63. The van der Waals surface area contributed by atoms with E-state index in [1.165, 1.54) is 17.8 Å². The first-order valence-electron chi connectivity index (χ1n) is 8.25. The molecule has 0 bridgehead atoms. The van der Waals surface area contributed by atoms with Crippen LogP contribution < -0.4 is 10.2 Å². The summed E-state index contributed by atoms with van der Waals surface area (Å²) in [6, 6.07) is 12.9. The van der Waals surface area contributed by atoms with Gasteiger partial charge in [0, 0.05) is 24.8 Å². The summed E-state index contributed by atoms with van der Waals surface area (Å²) in [4.78, 5) is 14.1. The van der Waals surface area contributed by atoms with Gasteiger partial charge in [-0.25, -0.2) is 8.78 Å². The predicted molar refractivity (Wildman–Crippen MR) is 99.2 cm³/mol. The van der Waals surface area contributed by atoms with Gasteiger partial charge < -0.3 is 10.2 Å². The van der Waals surface area contributed by atoms with E-state index in [2.05, 4.69) is 20.4 Å². The van der Waals surface area contributed by atoms with Crippen LogP contribution in [0.5, 0.6) is 0 Å². The van der Waals surface area contributed by atoms with Crippen molar-refractivity contribution in [3.63, 3.8) is 0 Å². The zero-order valence-corrected chi connectivity index (χ0v) is 14.9. The number of aromatic nitrogens is 3. The Kier molecular flexibility index (Phi) is 4.76. The van der Waals surface area contributed by atoms with Crippen LogP contribution in [0, 0.1) is 11.6 Å². The van der Waals surface area contributed by atoms with Crippen LogP contribution >= 0.6 is 11.8 Å². The molecule has 0 fully saturated rings. The largest absolute Gasteiger partial charge is 0.323 e. The van der Waals surface area contributed by atoms with Gasteiger partial charge >= 0.3 is 0 Å². The molecule has 27 heavy (non-hydrogen) atoms. The van der Waals surface area contributed by atoms with Gasteiger partial charge in [0.15, 0.2) is 5.16 Å². The van der Waals surface area contributed by atoms with Gasteiger partial charge in [-0.1, -0.05) is 30.0 Å². The number of hydrogen-bond donors (Lipinski definition) is 1. The summed E-state index contributed by atoms with van der Waals surface area (Å²) in [5, 5.41) is 11.4. The highest BCUT2D eigenvalue weighted by molar-refractivity contribution is 7.99. The minimum Gasteiger partial charge on any atom is -0.323 e. The Bertz CT molecular complexity index is 979. The summed E-state index contributed by atoms with van der Waals surface area (Å²) >= 11 is 1.22. The van der Waals surface area contributed by atoms with Crippen molar-refractivity contribution in [2.75, 3.05) is 22.5 Å². The number of fused-ring (bicyclic) bond motifs is 1. The lowest BCUT2D eigenvalue weighted by Crippen LogP contribution is -2.15. The van der Waals surface area contributed by atoms with Gasteiger partial charge in [-0.05, 0) is 24.3 Å². The molecule has 0 unspecified atom stereocenters. The second kappa shape index (κ2) is 7.36. The molecular weight excluding hydrogens is 372 g/mol. The van der Waals surface area contributed by atoms with Crippen LogP contribution in [0.15, 0.2) is 53.7 Å². The van der Waals surface area contributed by atoms with E-state index < -0.39 is 17.5 Å². The fraction of sp³-hybridized carbons (Fsp3) is 0.167. The van der Waals surface area contributed by atoms with Crippen molar-refractivity contribution in [1.29, 1.82) is 0 Å². The van der Waals surface area contributed by atoms with Crippen molar-refractivity contribution in [2.45, 2.75) is 11.7 Å². The molecule has 9 heteroatoms. The Morgan fingerprint density at radius 3 is 2.70 bits per heavy atom. The van der Waals surface area contributed by atoms with Gasteiger partial charge in [-0.2, -0.15) is 0 Å². The number of rotatable bonds is 5. The first-order valence-corrected chi connectivity index (χ1v) is 9.24. The topological polar surface area (TPSA) is 63.1 Å². The number of thioether (sulfide) groups is 1. The maximum atomic E-state index is 13.6. The standard InChI is InChI=1S/C18H15F2N5OS/c19-12-6-7-15(14(20)10-12)21-16(26)11-27-18-23-22-17-24(8-9-25(17)18)13-4-2-1-3-5-13/h1-7,10H,8-9,11H2,(H,21,26). The third-order valence-corrected chi connectivity index (χ3v) is 5.06. The number of amides is 1. The average molecular weight is 387 g/mol. The van der Waals surface area contributed by atoms with E-state index in [0.29, 0.717) is 11.7 Å². The molecule has 0 saturated carbocycles. The fourth-order valence-electron chi connectivity index (χ4n) is 2.84. The van der Waals surface area contributed by atoms with E-state index in [0.717, 1.165) is 30.3 Å². The number of nitrogens with one attached hydrogen (secondary N) is 1. The van der Waals surface area contributed by atoms with E-state index in [9.17, 15) is 13.6 Å². The van der Waals surface area contributed by atoms with Crippen LogP contribution in [0.25, 0.3) is 0 Å². The summed E-state index contributed by atoms with van der Waals surface area (Å²) in [5.74, 6) is -1.13. The molecule has 1 N–H and O–H groups in total. The van der Waals surface area contributed by atoms with Crippen molar-refractivity contribution in [2.24, 2.45) is 0 Å². The average Bonchev–Trinajstić information content (AvgIpc) is 3.25. The van der Waals surface area contributed by atoms with Gasteiger partial charge in [0.25, 0.3) is 0 Å².